The third-order valence-corrected chi connectivity index (χ3v) is 2.63. The number of nitrogens with one attached hydrogen (secondary N) is 1. The summed E-state index contributed by atoms with van der Waals surface area (Å²) < 4.78 is 24.5. The van der Waals surface area contributed by atoms with E-state index in [1.165, 1.54) is 0 Å². The molecule has 5 heteroatoms. The van der Waals surface area contributed by atoms with Crippen LogP contribution in [0, 0.1) is 0 Å². The maximum Gasteiger partial charge on any atom is 0.250 e. The second-order valence-corrected chi connectivity index (χ2v) is 4.05. The zero-order valence-corrected chi connectivity index (χ0v) is 9.58. The van der Waals surface area contributed by atoms with Gasteiger partial charge >= 0.3 is 0 Å². The van der Waals surface area contributed by atoms with Crippen LogP contribution >= 0.6 is 27.5 Å². The van der Waals surface area contributed by atoms with E-state index in [0.717, 1.165) is 10.0 Å². The molecule has 0 aromatic heterocycles. The highest BCUT2D eigenvalue weighted by atomic mass is 79.9. The number of halogens is 4. The molecular weight excluding hydrogens is 275 g/mol. The van der Waals surface area contributed by atoms with Crippen molar-refractivity contribution in [1.82, 2.24) is 5.32 Å². The summed E-state index contributed by atoms with van der Waals surface area (Å²) in [5, 5.41) is 3.23. The highest BCUT2D eigenvalue weighted by Gasteiger charge is 2.03. The summed E-state index contributed by atoms with van der Waals surface area (Å²) >= 11 is 9.07. The number of benzene rings is 1. The molecule has 0 bridgehead atoms. The highest BCUT2D eigenvalue weighted by Crippen LogP contribution is 2.20. The van der Waals surface area contributed by atoms with E-state index >= 15 is 0 Å². The molecule has 1 nitrogen and oxygen atoms in total. The van der Waals surface area contributed by atoms with Gasteiger partial charge in [-0.15, -0.1) is 0 Å². The molecule has 0 saturated heterocycles. The number of rotatable bonds is 4. The van der Waals surface area contributed by atoms with Crippen molar-refractivity contribution in [3.63, 3.8) is 0 Å². The quantitative estimate of drug-likeness (QED) is 0.893. The Bertz CT molecular complexity index is 307. The van der Waals surface area contributed by atoms with Crippen LogP contribution in [0.2, 0.25) is 5.02 Å². The van der Waals surface area contributed by atoms with Crippen LogP contribution in [0.1, 0.15) is 5.56 Å². The summed E-state index contributed by atoms with van der Waals surface area (Å²) in [7, 11) is 0. The van der Waals surface area contributed by atoms with Gasteiger partial charge in [0.1, 0.15) is 0 Å². The van der Waals surface area contributed by atoms with Gasteiger partial charge in [-0.2, -0.15) is 0 Å². The van der Waals surface area contributed by atoms with Crippen LogP contribution in [0.4, 0.5) is 8.78 Å². The van der Waals surface area contributed by atoms with Crippen LogP contribution in [0.25, 0.3) is 0 Å². The van der Waals surface area contributed by atoms with E-state index in [1.54, 1.807) is 18.2 Å². The van der Waals surface area contributed by atoms with Gasteiger partial charge in [-0.05, 0) is 23.8 Å². The normalized spacial score (nSPS) is 10.9. The Morgan fingerprint density at radius 2 is 2.14 bits per heavy atom. The number of hydrogen-bond donors (Lipinski definition) is 1. The summed E-state index contributed by atoms with van der Waals surface area (Å²) in [6.07, 6.45) is -2.33. The molecule has 0 unspecified atom stereocenters. The van der Waals surface area contributed by atoms with Crippen LogP contribution in [0.5, 0.6) is 0 Å². The van der Waals surface area contributed by atoms with E-state index in [-0.39, 0.29) is 6.54 Å². The maximum atomic E-state index is 11.8. The standard InChI is InChI=1S/C9H9BrClF2N/c10-8-2-1-7(11)3-6(8)4-14-5-9(12)13/h1-3,9,14H,4-5H2. The Kier molecular flexibility index (Phi) is 4.78. The maximum absolute atomic E-state index is 11.8. The Balaban J connectivity index is 2.53. The Morgan fingerprint density at radius 1 is 1.43 bits per heavy atom. The molecule has 1 rings (SSSR count). The predicted molar refractivity (Wildman–Crippen MR) is 56.9 cm³/mol. The lowest BCUT2D eigenvalue weighted by molar-refractivity contribution is 0.145. The van der Waals surface area contributed by atoms with Crippen molar-refractivity contribution < 1.29 is 8.78 Å². The van der Waals surface area contributed by atoms with Gasteiger partial charge < -0.3 is 5.32 Å². The fourth-order valence-electron chi connectivity index (χ4n) is 0.995. The van der Waals surface area contributed by atoms with Crippen molar-refractivity contribution in [3.8, 4) is 0 Å². The van der Waals surface area contributed by atoms with Gasteiger partial charge in [0.05, 0.1) is 6.54 Å². The molecule has 0 atom stereocenters. The molecule has 78 valence electrons. The first kappa shape index (κ1) is 11.9. The minimum Gasteiger partial charge on any atom is -0.307 e. The molecule has 1 N–H and O–H groups in total. The van der Waals surface area contributed by atoms with Crippen molar-refractivity contribution in [1.29, 1.82) is 0 Å². The molecular formula is C9H9BrClF2N. The Hall–Kier alpha value is -0.190. The average molecular weight is 285 g/mol. The molecule has 0 spiro atoms. The van der Waals surface area contributed by atoms with Crippen LogP contribution in [0.3, 0.4) is 0 Å². The van der Waals surface area contributed by atoms with E-state index in [0.29, 0.717) is 11.6 Å². The van der Waals surface area contributed by atoms with Gasteiger partial charge in [-0.25, -0.2) is 8.78 Å². The third kappa shape index (κ3) is 3.90. The first-order valence-electron chi connectivity index (χ1n) is 4.02. The van der Waals surface area contributed by atoms with Crippen molar-refractivity contribution in [2.24, 2.45) is 0 Å². The lowest BCUT2D eigenvalue weighted by Crippen LogP contribution is -2.20. The molecule has 0 radical (unpaired) electrons. The van der Waals surface area contributed by atoms with Gasteiger partial charge in [-0.3, -0.25) is 0 Å². The van der Waals surface area contributed by atoms with E-state index in [2.05, 4.69) is 21.2 Å². The van der Waals surface area contributed by atoms with E-state index in [9.17, 15) is 8.78 Å². The largest absolute Gasteiger partial charge is 0.307 e. The topological polar surface area (TPSA) is 12.0 Å². The van der Waals surface area contributed by atoms with E-state index in [1.807, 2.05) is 0 Å². The van der Waals surface area contributed by atoms with Crippen LogP contribution in [0.15, 0.2) is 22.7 Å². The SMILES string of the molecule is FC(F)CNCc1cc(Cl)ccc1Br. The van der Waals surface area contributed by atoms with Gasteiger partial charge in [0, 0.05) is 16.0 Å². The molecule has 0 aliphatic rings. The second-order valence-electron chi connectivity index (χ2n) is 2.76. The lowest BCUT2D eigenvalue weighted by Gasteiger charge is -2.06. The summed E-state index contributed by atoms with van der Waals surface area (Å²) in [5.41, 5.74) is 0.873. The summed E-state index contributed by atoms with van der Waals surface area (Å²) in [4.78, 5) is 0. The number of hydrogen-bond acceptors (Lipinski definition) is 1. The van der Waals surface area contributed by atoms with E-state index < -0.39 is 6.43 Å². The minimum atomic E-state index is -2.33. The lowest BCUT2D eigenvalue weighted by atomic mass is 10.2. The fourth-order valence-corrected chi connectivity index (χ4v) is 1.58. The molecule has 14 heavy (non-hydrogen) atoms. The van der Waals surface area contributed by atoms with Crippen molar-refractivity contribution in [2.75, 3.05) is 6.54 Å². The van der Waals surface area contributed by atoms with Crippen LogP contribution in [-0.2, 0) is 6.54 Å². The zero-order valence-electron chi connectivity index (χ0n) is 7.24. The zero-order chi connectivity index (χ0) is 10.6. The Morgan fingerprint density at radius 3 is 2.79 bits per heavy atom. The molecule has 0 saturated carbocycles. The van der Waals surface area contributed by atoms with Crippen molar-refractivity contribution in [2.45, 2.75) is 13.0 Å². The first-order valence-corrected chi connectivity index (χ1v) is 5.19. The molecule has 1 aromatic rings. The van der Waals surface area contributed by atoms with E-state index in [4.69, 9.17) is 11.6 Å². The van der Waals surface area contributed by atoms with Gasteiger partial charge in [0.25, 0.3) is 6.43 Å². The third-order valence-electron chi connectivity index (χ3n) is 1.62. The van der Waals surface area contributed by atoms with Gasteiger partial charge in [0.2, 0.25) is 0 Å². The molecule has 0 fully saturated rings. The number of alkyl halides is 2. The molecule has 0 aliphatic heterocycles. The Labute approximate surface area is 94.6 Å². The average Bonchev–Trinajstić information content (AvgIpc) is 2.10. The fraction of sp³-hybridized carbons (Fsp3) is 0.333. The minimum absolute atomic E-state index is 0.307. The summed E-state index contributed by atoms with van der Waals surface area (Å²) in [6.45, 7) is 0.0738. The van der Waals surface area contributed by atoms with Crippen LogP contribution < -0.4 is 5.32 Å². The molecule has 0 amide bonds. The molecule has 0 heterocycles. The second kappa shape index (κ2) is 5.63. The molecule has 0 aliphatic carbocycles. The smallest absolute Gasteiger partial charge is 0.250 e. The van der Waals surface area contributed by atoms with Gasteiger partial charge in [-0.1, -0.05) is 27.5 Å². The van der Waals surface area contributed by atoms with Crippen molar-refractivity contribution in [3.05, 3.63) is 33.3 Å². The summed E-state index contributed by atoms with van der Waals surface area (Å²) in [6, 6.07) is 5.27. The van der Waals surface area contributed by atoms with Gasteiger partial charge in [0.15, 0.2) is 0 Å². The predicted octanol–water partition coefficient (Wildman–Crippen LogP) is 3.46. The summed E-state index contributed by atoms with van der Waals surface area (Å²) in [5.74, 6) is 0. The highest BCUT2D eigenvalue weighted by molar-refractivity contribution is 9.10. The van der Waals surface area contributed by atoms with Crippen LogP contribution in [-0.4, -0.2) is 13.0 Å². The first-order chi connectivity index (χ1) is 6.59. The van der Waals surface area contributed by atoms with Crippen molar-refractivity contribution >= 4 is 27.5 Å². The molecule has 1 aromatic carbocycles. The monoisotopic (exact) mass is 283 g/mol.